The van der Waals surface area contributed by atoms with Crippen molar-refractivity contribution in [3.8, 4) is 10.4 Å². The second-order valence-corrected chi connectivity index (χ2v) is 9.08. The van der Waals surface area contributed by atoms with Crippen LogP contribution in [0.5, 0.6) is 0 Å². The van der Waals surface area contributed by atoms with Crippen molar-refractivity contribution in [1.29, 1.82) is 0 Å². The van der Waals surface area contributed by atoms with Crippen LogP contribution in [-0.4, -0.2) is 15.5 Å². The number of amides is 1. The highest BCUT2D eigenvalue weighted by Gasteiger charge is 2.16. The molecule has 0 atom stereocenters. The standard InChI is InChI=1S/C19H13Cl2N3O2S2/c1-10-2-5-15(28-10)12-8-27-18-17(12)19(26)24(9-22-18)7-16(25)23-14-4-3-11(20)6-13(14)21/h2-6,8-9H,7H2,1H3,(H,23,25). The first-order valence-electron chi connectivity index (χ1n) is 8.21. The highest BCUT2D eigenvalue weighted by atomic mass is 35.5. The first-order chi connectivity index (χ1) is 13.4. The van der Waals surface area contributed by atoms with Gasteiger partial charge in [0.15, 0.2) is 0 Å². The van der Waals surface area contributed by atoms with Gasteiger partial charge in [-0.2, -0.15) is 0 Å². The number of hydrogen-bond acceptors (Lipinski definition) is 5. The second-order valence-electron chi connectivity index (χ2n) is 6.09. The molecule has 142 valence electrons. The Kier molecular flexibility index (Phi) is 5.25. The maximum atomic E-state index is 13.0. The lowest BCUT2D eigenvalue weighted by Crippen LogP contribution is -2.27. The lowest BCUT2D eigenvalue weighted by molar-refractivity contribution is -0.116. The number of aryl methyl sites for hydroxylation is 1. The molecular formula is C19H13Cl2N3O2S2. The smallest absolute Gasteiger partial charge is 0.263 e. The Morgan fingerprint density at radius 2 is 2.07 bits per heavy atom. The summed E-state index contributed by atoms with van der Waals surface area (Å²) in [6, 6.07) is 8.79. The second kappa shape index (κ2) is 7.67. The number of fused-ring (bicyclic) bond motifs is 1. The Morgan fingerprint density at radius 3 is 2.79 bits per heavy atom. The summed E-state index contributed by atoms with van der Waals surface area (Å²) in [6.45, 7) is 1.85. The minimum absolute atomic E-state index is 0.167. The molecule has 3 aromatic heterocycles. The minimum Gasteiger partial charge on any atom is -0.323 e. The summed E-state index contributed by atoms with van der Waals surface area (Å²) in [6.07, 6.45) is 1.40. The predicted octanol–water partition coefficient (Wildman–Crippen LogP) is 5.44. The SMILES string of the molecule is Cc1ccc(-c2csc3ncn(CC(=O)Nc4ccc(Cl)cc4Cl)c(=O)c23)s1. The number of thiophene rings is 2. The van der Waals surface area contributed by atoms with E-state index in [1.807, 2.05) is 24.4 Å². The number of nitrogens with one attached hydrogen (secondary N) is 1. The van der Waals surface area contributed by atoms with E-state index in [4.69, 9.17) is 23.2 Å². The summed E-state index contributed by atoms with van der Waals surface area (Å²) < 4.78 is 1.30. The van der Waals surface area contributed by atoms with Gasteiger partial charge in [-0.1, -0.05) is 23.2 Å². The number of anilines is 1. The third-order valence-electron chi connectivity index (χ3n) is 4.09. The van der Waals surface area contributed by atoms with Crippen LogP contribution in [0.25, 0.3) is 20.7 Å². The van der Waals surface area contributed by atoms with E-state index >= 15 is 0 Å². The number of aromatic nitrogens is 2. The summed E-state index contributed by atoms with van der Waals surface area (Å²) in [5, 5.41) is 5.96. The van der Waals surface area contributed by atoms with Crippen molar-refractivity contribution >= 4 is 67.7 Å². The van der Waals surface area contributed by atoms with E-state index in [-0.39, 0.29) is 18.0 Å². The maximum Gasteiger partial charge on any atom is 0.263 e. The van der Waals surface area contributed by atoms with E-state index in [9.17, 15) is 9.59 Å². The molecule has 4 rings (SSSR count). The summed E-state index contributed by atoms with van der Waals surface area (Å²) >= 11 is 15.0. The number of halogens is 2. The fourth-order valence-electron chi connectivity index (χ4n) is 2.78. The maximum absolute atomic E-state index is 13.0. The van der Waals surface area contributed by atoms with Crippen molar-refractivity contribution in [1.82, 2.24) is 9.55 Å². The Morgan fingerprint density at radius 1 is 1.25 bits per heavy atom. The number of hydrogen-bond donors (Lipinski definition) is 1. The lowest BCUT2D eigenvalue weighted by Gasteiger charge is -2.09. The summed E-state index contributed by atoms with van der Waals surface area (Å²) in [5.74, 6) is -0.378. The number of benzene rings is 1. The lowest BCUT2D eigenvalue weighted by atomic mass is 10.2. The molecule has 9 heteroatoms. The Labute approximate surface area is 178 Å². The predicted molar refractivity (Wildman–Crippen MR) is 117 cm³/mol. The van der Waals surface area contributed by atoms with Gasteiger partial charge in [-0.25, -0.2) is 4.98 Å². The van der Waals surface area contributed by atoms with Gasteiger partial charge >= 0.3 is 0 Å². The van der Waals surface area contributed by atoms with Crippen molar-refractivity contribution in [3.63, 3.8) is 0 Å². The molecule has 0 fully saturated rings. The molecule has 0 unspecified atom stereocenters. The molecule has 0 saturated heterocycles. The van der Waals surface area contributed by atoms with Crippen LogP contribution in [-0.2, 0) is 11.3 Å². The molecule has 28 heavy (non-hydrogen) atoms. The molecule has 1 aromatic carbocycles. The molecular weight excluding hydrogens is 437 g/mol. The van der Waals surface area contributed by atoms with Crippen molar-refractivity contribution in [2.45, 2.75) is 13.5 Å². The van der Waals surface area contributed by atoms with Crippen LogP contribution in [0, 0.1) is 6.92 Å². The molecule has 4 aromatic rings. The summed E-state index contributed by atoms with van der Waals surface area (Å²) in [5.41, 5.74) is 1.04. The van der Waals surface area contributed by atoms with Gasteiger partial charge in [0.2, 0.25) is 5.91 Å². The topological polar surface area (TPSA) is 64.0 Å². The zero-order valence-electron chi connectivity index (χ0n) is 14.5. The monoisotopic (exact) mass is 449 g/mol. The van der Waals surface area contributed by atoms with Gasteiger partial charge in [-0.05, 0) is 37.3 Å². The molecule has 0 saturated carbocycles. The number of carbonyl (C=O) groups is 1. The fraction of sp³-hybridized carbons (Fsp3) is 0.105. The van der Waals surface area contributed by atoms with E-state index in [2.05, 4.69) is 10.3 Å². The van der Waals surface area contributed by atoms with E-state index in [1.54, 1.807) is 29.5 Å². The molecule has 1 amide bonds. The van der Waals surface area contributed by atoms with E-state index in [0.717, 1.165) is 15.3 Å². The third kappa shape index (κ3) is 3.71. The van der Waals surface area contributed by atoms with Gasteiger partial charge < -0.3 is 5.32 Å². The van der Waals surface area contributed by atoms with Crippen LogP contribution in [0.3, 0.4) is 0 Å². The van der Waals surface area contributed by atoms with Crippen molar-refractivity contribution in [3.05, 3.63) is 67.3 Å². The minimum atomic E-state index is -0.378. The number of carbonyl (C=O) groups excluding carboxylic acids is 1. The molecule has 0 bridgehead atoms. The van der Waals surface area contributed by atoms with Crippen LogP contribution in [0.1, 0.15) is 4.88 Å². The van der Waals surface area contributed by atoms with Crippen LogP contribution in [0.15, 0.2) is 46.8 Å². The summed E-state index contributed by atoms with van der Waals surface area (Å²) in [4.78, 5) is 32.6. The molecule has 3 heterocycles. The van der Waals surface area contributed by atoms with Crippen molar-refractivity contribution in [2.24, 2.45) is 0 Å². The zero-order valence-corrected chi connectivity index (χ0v) is 17.7. The van der Waals surface area contributed by atoms with Crippen LogP contribution >= 0.6 is 45.9 Å². The third-order valence-corrected chi connectivity index (χ3v) is 6.55. The Balaban J connectivity index is 1.65. The van der Waals surface area contributed by atoms with Gasteiger partial charge in [-0.15, -0.1) is 22.7 Å². The normalized spacial score (nSPS) is 11.1. The molecule has 0 aliphatic carbocycles. The van der Waals surface area contributed by atoms with Crippen LogP contribution < -0.4 is 10.9 Å². The molecule has 0 radical (unpaired) electrons. The van der Waals surface area contributed by atoms with Gasteiger partial charge in [-0.3, -0.25) is 14.2 Å². The Bertz CT molecular complexity index is 1260. The first-order valence-corrected chi connectivity index (χ1v) is 10.7. The zero-order chi connectivity index (χ0) is 19.8. The van der Waals surface area contributed by atoms with E-state index < -0.39 is 0 Å². The average molecular weight is 450 g/mol. The quantitative estimate of drug-likeness (QED) is 0.450. The Hall–Kier alpha value is -2.19. The molecule has 0 aliphatic rings. The largest absolute Gasteiger partial charge is 0.323 e. The van der Waals surface area contributed by atoms with Gasteiger partial charge in [0.05, 0.1) is 22.4 Å². The van der Waals surface area contributed by atoms with E-state index in [1.165, 1.54) is 22.2 Å². The fourth-order valence-corrected chi connectivity index (χ4v) is 5.09. The average Bonchev–Trinajstić information content (AvgIpc) is 3.26. The molecule has 0 aliphatic heterocycles. The van der Waals surface area contributed by atoms with E-state index in [0.29, 0.717) is 25.9 Å². The van der Waals surface area contributed by atoms with Gasteiger partial charge in [0, 0.05) is 25.7 Å². The molecule has 5 nitrogen and oxygen atoms in total. The summed E-state index contributed by atoms with van der Waals surface area (Å²) in [7, 11) is 0. The number of nitrogens with zero attached hydrogens (tertiary/aromatic N) is 2. The van der Waals surface area contributed by atoms with Crippen LogP contribution in [0.4, 0.5) is 5.69 Å². The van der Waals surface area contributed by atoms with Crippen molar-refractivity contribution in [2.75, 3.05) is 5.32 Å². The highest BCUT2D eigenvalue weighted by molar-refractivity contribution is 7.19. The highest BCUT2D eigenvalue weighted by Crippen LogP contribution is 2.34. The van der Waals surface area contributed by atoms with Gasteiger partial charge in [0.1, 0.15) is 11.4 Å². The molecule has 1 N–H and O–H groups in total. The van der Waals surface area contributed by atoms with Gasteiger partial charge in [0.25, 0.3) is 5.56 Å². The molecule has 0 spiro atoms. The first kappa shape index (κ1) is 19.1. The number of rotatable bonds is 4. The van der Waals surface area contributed by atoms with Crippen LogP contribution in [0.2, 0.25) is 10.0 Å². The van der Waals surface area contributed by atoms with Crippen molar-refractivity contribution < 1.29 is 4.79 Å².